The summed E-state index contributed by atoms with van der Waals surface area (Å²) >= 11 is 0. The maximum Gasteiger partial charge on any atom is 0.333 e. The fraction of sp³-hybridized carbons (Fsp3) is 0.0606. The normalized spacial score (nSPS) is 13.5. The van der Waals surface area contributed by atoms with E-state index in [-0.39, 0.29) is 13.7 Å². The highest BCUT2D eigenvalue weighted by Crippen LogP contribution is 2.53. The molecular formula is C66H42B2N4. The van der Waals surface area contributed by atoms with Crippen LogP contribution in [-0.2, 0) is 0 Å². The number of hydrogen-bond donors (Lipinski definition) is 0. The zero-order valence-electron chi connectivity index (χ0n) is 40.3. The van der Waals surface area contributed by atoms with E-state index in [4.69, 9.17) is 0 Å². The fourth-order valence-corrected chi connectivity index (χ4v) is 15.4. The number of fused-ring (bicyclic) bond motifs is 21. The molecule has 0 atom stereocenters. The average Bonchev–Trinajstić information content (AvgIpc) is 4.14. The molecule has 4 nitrogen and oxygen atoms in total. The highest BCUT2D eigenvalue weighted by Gasteiger charge is 2.47. The summed E-state index contributed by atoms with van der Waals surface area (Å²) in [6.07, 6.45) is 0. The molecule has 332 valence electrons. The molecule has 4 aliphatic rings. The van der Waals surface area contributed by atoms with Gasteiger partial charge in [-0.25, -0.2) is 0 Å². The predicted octanol–water partition coefficient (Wildman–Crippen LogP) is 13.4. The zero-order chi connectivity index (χ0) is 47.2. The lowest BCUT2D eigenvalue weighted by atomic mass is 9.45. The van der Waals surface area contributed by atoms with Gasteiger partial charge in [-0.05, 0) is 136 Å². The average molecular weight is 913 g/mol. The van der Waals surface area contributed by atoms with Gasteiger partial charge in [0.1, 0.15) is 0 Å². The standard InChI is InChI=1S/C66H42B2N4/c1-35-16-13-17-36(2)55(35)42-31-33-46-62-58(42)43-32-30-41-39-20-5-9-26-51(39)69-53-28-11-7-24-49(53)67(59(43)63(41)69)72(62)65-45-23-15-22-44-57-48(56-37(3)18-14-19-38(56)4)34-47-40-21-6-10-27-52(40)70-54-29-12-8-25-50(54)68(60(57)64(47)70)71(61(44)45)66(46)65/h5-34H,1-4H3. The van der Waals surface area contributed by atoms with E-state index < -0.39 is 0 Å². The van der Waals surface area contributed by atoms with Crippen LogP contribution in [0.2, 0.25) is 0 Å². The largest absolute Gasteiger partial charge is 0.374 e. The smallest absolute Gasteiger partial charge is 0.333 e. The van der Waals surface area contributed by atoms with Crippen molar-refractivity contribution in [3.8, 4) is 55.9 Å². The Labute approximate surface area is 415 Å². The molecule has 0 fully saturated rings. The van der Waals surface area contributed by atoms with Gasteiger partial charge in [-0.1, -0.05) is 152 Å². The molecule has 0 spiro atoms. The summed E-state index contributed by atoms with van der Waals surface area (Å²) in [7, 11) is 0. The van der Waals surface area contributed by atoms with Crippen molar-refractivity contribution >= 4 is 112 Å². The van der Waals surface area contributed by atoms with E-state index in [2.05, 4.69) is 228 Å². The van der Waals surface area contributed by atoms with Crippen LogP contribution in [0.15, 0.2) is 182 Å². The van der Waals surface area contributed by atoms with Gasteiger partial charge in [-0.15, -0.1) is 0 Å². The fourth-order valence-electron chi connectivity index (χ4n) is 15.4. The zero-order valence-corrected chi connectivity index (χ0v) is 40.3. The van der Waals surface area contributed by atoms with Crippen molar-refractivity contribution in [2.75, 3.05) is 0 Å². The highest BCUT2D eigenvalue weighted by atomic mass is 15.1. The molecule has 0 saturated carbocycles. The Hall–Kier alpha value is -8.73. The molecule has 18 rings (SSSR count). The topological polar surface area (TPSA) is 19.7 Å². The number of para-hydroxylation sites is 5. The Morgan fingerprint density at radius 3 is 1.44 bits per heavy atom. The first-order chi connectivity index (χ1) is 35.5. The molecule has 0 bridgehead atoms. The minimum Gasteiger partial charge on any atom is -0.374 e. The van der Waals surface area contributed by atoms with E-state index in [1.54, 1.807) is 0 Å². The van der Waals surface area contributed by atoms with E-state index >= 15 is 0 Å². The Kier molecular flexibility index (Phi) is 6.76. The summed E-state index contributed by atoms with van der Waals surface area (Å²) in [5.41, 5.74) is 34.3. The van der Waals surface area contributed by atoms with Crippen LogP contribution in [-0.4, -0.2) is 31.8 Å². The van der Waals surface area contributed by atoms with Crippen molar-refractivity contribution in [1.82, 2.24) is 18.1 Å². The third-order valence-corrected chi connectivity index (χ3v) is 17.8. The van der Waals surface area contributed by atoms with Crippen molar-refractivity contribution < 1.29 is 0 Å². The summed E-state index contributed by atoms with van der Waals surface area (Å²) in [5, 5.41) is 7.83. The van der Waals surface area contributed by atoms with Gasteiger partial charge in [-0.3, -0.25) is 0 Å². The van der Waals surface area contributed by atoms with Crippen molar-refractivity contribution in [2.24, 2.45) is 0 Å². The molecule has 72 heavy (non-hydrogen) atoms. The van der Waals surface area contributed by atoms with Gasteiger partial charge in [0.15, 0.2) is 0 Å². The maximum absolute atomic E-state index is 2.84. The lowest BCUT2D eigenvalue weighted by Crippen LogP contribution is -2.55. The third kappa shape index (κ3) is 4.16. The Morgan fingerprint density at radius 1 is 0.292 bits per heavy atom. The van der Waals surface area contributed by atoms with Crippen LogP contribution in [0, 0.1) is 27.7 Å². The van der Waals surface area contributed by atoms with Crippen LogP contribution >= 0.6 is 0 Å². The molecule has 8 heterocycles. The van der Waals surface area contributed by atoms with Crippen LogP contribution < -0.4 is 21.9 Å². The molecular weight excluding hydrogens is 870 g/mol. The van der Waals surface area contributed by atoms with Crippen LogP contribution in [0.25, 0.3) is 132 Å². The highest BCUT2D eigenvalue weighted by molar-refractivity contribution is 6.92. The Bertz CT molecular complexity index is 4900. The number of rotatable bonds is 2. The van der Waals surface area contributed by atoms with Crippen LogP contribution in [0.3, 0.4) is 0 Å². The van der Waals surface area contributed by atoms with Gasteiger partial charge in [0.2, 0.25) is 0 Å². The molecule has 0 N–H and O–H groups in total. The van der Waals surface area contributed by atoms with E-state index in [1.165, 1.54) is 176 Å². The van der Waals surface area contributed by atoms with Crippen LogP contribution in [0.1, 0.15) is 22.3 Å². The third-order valence-electron chi connectivity index (χ3n) is 17.8. The number of benzene rings is 10. The molecule has 14 aromatic rings. The molecule has 4 aliphatic heterocycles. The van der Waals surface area contributed by atoms with Crippen LogP contribution in [0.4, 0.5) is 0 Å². The quantitative estimate of drug-likeness (QED) is 0.154. The number of aromatic nitrogens is 4. The molecule has 0 aliphatic carbocycles. The van der Waals surface area contributed by atoms with Gasteiger partial charge in [0, 0.05) is 65.9 Å². The number of nitrogens with zero attached hydrogens (tertiary/aromatic N) is 4. The molecule has 6 heteroatoms. The molecule has 0 unspecified atom stereocenters. The van der Waals surface area contributed by atoms with E-state index in [1.807, 2.05) is 0 Å². The SMILES string of the molecule is Cc1cccc(C)c1-c1cc2c3ccccc3n3c2c2c1-c1cccc4c1n(c1c5ccc(-c6c(C)cccc6C)c6c5n(c41)B1c4ccccc4-n4c5ccccc5c5ccc-6c1c54)B2c1ccccc1-3. The van der Waals surface area contributed by atoms with Crippen LogP contribution in [0.5, 0.6) is 0 Å². The van der Waals surface area contributed by atoms with Gasteiger partial charge in [0.25, 0.3) is 0 Å². The minimum atomic E-state index is -0.0912. The Morgan fingerprint density at radius 2 is 0.778 bits per heavy atom. The monoisotopic (exact) mass is 912 g/mol. The van der Waals surface area contributed by atoms with Crippen molar-refractivity contribution in [1.29, 1.82) is 0 Å². The number of hydrogen-bond acceptors (Lipinski definition) is 0. The maximum atomic E-state index is 2.84. The second kappa shape index (κ2) is 12.8. The number of aryl methyl sites for hydroxylation is 4. The Balaban J connectivity index is 1.09. The first-order valence-electron chi connectivity index (χ1n) is 25.6. The minimum absolute atomic E-state index is 0.0682. The van der Waals surface area contributed by atoms with Crippen molar-refractivity contribution in [2.45, 2.75) is 27.7 Å². The first-order valence-corrected chi connectivity index (χ1v) is 25.6. The molecule has 0 amide bonds. The second-order valence-corrected chi connectivity index (χ2v) is 21.2. The summed E-state index contributed by atoms with van der Waals surface area (Å²) in [6.45, 7) is 9.03. The van der Waals surface area contributed by atoms with E-state index in [0.717, 1.165) is 0 Å². The second-order valence-electron chi connectivity index (χ2n) is 21.2. The van der Waals surface area contributed by atoms with Crippen molar-refractivity contribution in [3.63, 3.8) is 0 Å². The molecule has 10 aromatic carbocycles. The van der Waals surface area contributed by atoms with Gasteiger partial charge in [-0.2, -0.15) is 0 Å². The summed E-state index contributed by atoms with van der Waals surface area (Å²) < 4.78 is 10.9. The van der Waals surface area contributed by atoms with Gasteiger partial charge >= 0.3 is 13.7 Å². The lowest BCUT2D eigenvalue weighted by Gasteiger charge is -2.35. The summed E-state index contributed by atoms with van der Waals surface area (Å²) in [4.78, 5) is 0. The van der Waals surface area contributed by atoms with E-state index in [9.17, 15) is 0 Å². The van der Waals surface area contributed by atoms with Crippen molar-refractivity contribution in [3.05, 3.63) is 204 Å². The summed E-state index contributed by atoms with van der Waals surface area (Å²) in [5.74, 6) is 0. The predicted molar refractivity (Wildman–Crippen MR) is 305 cm³/mol. The van der Waals surface area contributed by atoms with Gasteiger partial charge < -0.3 is 18.1 Å². The first kappa shape index (κ1) is 38.1. The molecule has 4 aromatic heterocycles. The molecule has 0 saturated heterocycles. The van der Waals surface area contributed by atoms with Gasteiger partial charge in [0.05, 0.1) is 33.1 Å². The lowest BCUT2D eigenvalue weighted by molar-refractivity contribution is 1.18. The van der Waals surface area contributed by atoms with E-state index in [0.29, 0.717) is 0 Å². The summed E-state index contributed by atoms with van der Waals surface area (Å²) in [6, 6.07) is 70.0. The molecule has 0 radical (unpaired) electrons.